The van der Waals surface area contributed by atoms with E-state index in [0.29, 0.717) is 6.10 Å². The van der Waals surface area contributed by atoms with Gasteiger partial charge in [-0.3, -0.25) is 0 Å². The normalized spacial score (nSPS) is 12.9. The van der Waals surface area contributed by atoms with Gasteiger partial charge in [-0.1, -0.05) is 38.0 Å². The van der Waals surface area contributed by atoms with Gasteiger partial charge in [0.1, 0.15) is 0 Å². The molecule has 0 aliphatic heterocycles. The number of nitrogens with one attached hydrogen (secondary N) is 1. The lowest BCUT2D eigenvalue weighted by Crippen LogP contribution is -2.08. The van der Waals surface area contributed by atoms with Gasteiger partial charge in [0.15, 0.2) is 0 Å². The Morgan fingerprint density at radius 1 is 1.29 bits per heavy atom. The molecule has 0 saturated heterocycles. The van der Waals surface area contributed by atoms with E-state index in [1.165, 1.54) is 19.3 Å². The topological polar surface area (TPSA) is 55.0 Å². The van der Waals surface area contributed by atoms with Crippen LogP contribution < -0.4 is 5.69 Å². The van der Waals surface area contributed by atoms with E-state index in [4.69, 9.17) is 4.74 Å². The summed E-state index contributed by atoms with van der Waals surface area (Å²) in [7, 11) is 0. The van der Waals surface area contributed by atoms with Crippen molar-refractivity contribution < 1.29 is 4.74 Å². The molecule has 0 fully saturated rings. The van der Waals surface area contributed by atoms with Crippen molar-refractivity contribution >= 4 is 17.0 Å². The van der Waals surface area contributed by atoms with Crippen LogP contribution in [0.2, 0.25) is 0 Å². The van der Waals surface area contributed by atoms with Crippen LogP contribution in [0.5, 0.6) is 0 Å². The molecule has 130 valence electrons. The van der Waals surface area contributed by atoms with Gasteiger partial charge in [0, 0.05) is 18.2 Å². The minimum absolute atomic E-state index is 0.308. The van der Waals surface area contributed by atoms with E-state index in [-0.39, 0.29) is 5.69 Å². The largest absolute Gasteiger partial charge is 0.379 e. The van der Waals surface area contributed by atoms with E-state index in [2.05, 4.69) is 36.0 Å². The third kappa shape index (κ3) is 6.28. The Labute approximate surface area is 144 Å². The van der Waals surface area contributed by atoms with E-state index in [1.54, 1.807) is 6.20 Å². The maximum atomic E-state index is 11.2. The molecule has 0 radical (unpaired) electrons. The van der Waals surface area contributed by atoms with Crippen molar-refractivity contribution in [3.63, 3.8) is 0 Å². The number of nitrogens with zero attached hydrogens (tertiary/aromatic N) is 1. The Kier molecular flexibility index (Phi) is 7.69. The molecule has 1 heterocycles. The Bertz CT molecular complexity index is 706. The molecule has 0 bridgehead atoms. The first-order valence-corrected chi connectivity index (χ1v) is 8.96. The number of allylic oxidation sites excluding steroid dienone is 1. The number of aromatic nitrogens is 2. The fourth-order valence-electron chi connectivity index (χ4n) is 2.64. The van der Waals surface area contributed by atoms with Gasteiger partial charge in [-0.05, 0) is 50.3 Å². The summed E-state index contributed by atoms with van der Waals surface area (Å²) in [6, 6.07) is 5.97. The highest BCUT2D eigenvalue weighted by atomic mass is 16.5. The molecular weight excluding hydrogens is 300 g/mol. The highest BCUT2D eigenvalue weighted by Crippen LogP contribution is 2.14. The molecule has 0 spiro atoms. The third-order valence-electron chi connectivity index (χ3n) is 4.08. The maximum Gasteiger partial charge on any atom is 0.345 e. The van der Waals surface area contributed by atoms with Gasteiger partial charge in [0.2, 0.25) is 0 Å². The van der Waals surface area contributed by atoms with Gasteiger partial charge in [0.05, 0.1) is 11.6 Å². The van der Waals surface area contributed by atoms with Gasteiger partial charge in [-0.25, -0.2) is 9.78 Å². The molecule has 1 N–H and O–H groups in total. The summed E-state index contributed by atoms with van der Waals surface area (Å²) in [5.41, 5.74) is 1.64. The molecule has 2 rings (SSSR count). The lowest BCUT2D eigenvalue weighted by Gasteiger charge is -2.11. The first kappa shape index (κ1) is 18.4. The molecule has 2 aromatic rings. The van der Waals surface area contributed by atoms with Gasteiger partial charge in [-0.2, -0.15) is 0 Å². The number of hydrogen-bond acceptors (Lipinski definition) is 3. The molecule has 0 saturated carbocycles. The number of unbranched alkanes of at least 4 members (excludes halogenated alkanes) is 3. The van der Waals surface area contributed by atoms with Crippen LogP contribution >= 0.6 is 0 Å². The molecule has 1 atom stereocenters. The van der Waals surface area contributed by atoms with E-state index in [9.17, 15) is 4.79 Å². The summed E-state index contributed by atoms with van der Waals surface area (Å²) >= 11 is 0. The highest BCUT2D eigenvalue weighted by molar-refractivity contribution is 5.80. The summed E-state index contributed by atoms with van der Waals surface area (Å²) in [6.07, 6.45) is 13.2. The van der Waals surface area contributed by atoms with E-state index < -0.39 is 0 Å². The lowest BCUT2D eigenvalue weighted by molar-refractivity contribution is 0.0566. The molecule has 24 heavy (non-hydrogen) atoms. The van der Waals surface area contributed by atoms with Crippen LogP contribution in [-0.4, -0.2) is 22.7 Å². The van der Waals surface area contributed by atoms with E-state index >= 15 is 0 Å². The predicted molar refractivity (Wildman–Crippen MR) is 100 cm³/mol. The quantitative estimate of drug-likeness (QED) is 0.643. The van der Waals surface area contributed by atoms with Crippen LogP contribution in [0.4, 0.5) is 0 Å². The van der Waals surface area contributed by atoms with Crippen molar-refractivity contribution in [1.82, 2.24) is 9.97 Å². The van der Waals surface area contributed by atoms with E-state index in [0.717, 1.165) is 42.3 Å². The predicted octanol–water partition coefficient (Wildman–Crippen LogP) is 4.70. The highest BCUT2D eigenvalue weighted by Gasteiger charge is 2.01. The van der Waals surface area contributed by atoms with Crippen LogP contribution in [0, 0.1) is 0 Å². The van der Waals surface area contributed by atoms with Gasteiger partial charge in [-0.15, -0.1) is 0 Å². The van der Waals surface area contributed by atoms with Gasteiger partial charge >= 0.3 is 5.69 Å². The fourth-order valence-corrected chi connectivity index (χ4v) is 2.64. The summed E-state index contributed by atoms with van der Waals surface area (Å²) in [6.45, 7) is 5.26. The zero-order valence-electron chi connectivity index (χ0n) is 14.8. The van der Waals surface area contributed by atoms with Gasteiger partial charge < -0.3 is 9.72 Å². The fraction of sp³-hybridized carbons (Fsp3) is 0.500. The number of fused-ring (bicyclic) bond motifs is 1. The maximum absolute atomic E-state index is 11.2. The van der Waals surface area contributed by atoms with Crippen molar-refractivity contribution in [3.8, 4) is 0 Å². The summed E-state index contributed by atoms with van der Waals surface area (Å²) in [5.74, 6) is 0. The third-order valence-corrected chi connectivity index (χ3v) is 4.08. The average molecular weight is 328 g/mol. The van der Waals surface area contributed by atoms with Crippen LogP contribution in [0.15, 0.2) is 35.3 Å². The monoisotopic (exact) mass is 328 g/mol. The minimum Gasteiger partial charge on any atom is -0.379 e. The summed E-state index contributed by atoms with van der Waals surface area (Å²) < 4.78 is 5.81. The number of aromatic amines is 1. The number of rotatable bonds is 10. The zero-order valence-corrected chi connectivity index (χ0v) is 14.8. The number of H-pyrrole nitrogens is 1. The number of hydrogen-bond donors (Lipinski definition) is 1. The second-order valence-corrected chi connectivity index (χ2v) is 6.26. The van der Waals surface area contributed by atoms with Crippen LogP contribution in [0.3, 0.4) is 0 Å². The number of benzene rings is 1. The van der Waals surface area contributed by atoms with E-state index in [1.807, 2.05) is 18.2 Å². The minimum atomic E-state index is -0.308. The molecule has 0 aliphatic rings. The molecule has 4 heteroatoms. The van der Waals surface area contributed by atoms with Crippen LogP contribution in [0.25, 0.3) is 17.0 Å². The number of ether oxygens (including phenoxy) is 1. The average Bonchev–Trinajstić information content (AvgIpc) is 2.58. The SMILES string of the molecule is CCCCCOC(C)CCC/C=C/c1ccc2[nH]c(=O)ncc2c1. The Morgan fingerprint density at radius 2 is 2.17 bits per heavy atom. The Morgan fingerprint density at radius 3 is 3.00 bits per heavy atom. The molecule has 0 aliphatic carbocycles. The van der Waals surface area contributed by atoms with Crippen molar-refractivity contribution in [2.75, 3.05) is 6.61 Å². The molecular formula is C20H28N2O2. The zero-order chi connectivity index (χ0) is 17.2. The van der Waals surface area contributed by atoms with Crippen molar-refractivity contribution in [1.29, 1.82) is 0 Å². The molecule has 1 aromatic carbocycles. The smallest absolute Gasteiger partial charge is 0.345 e. The summed E-state index contributed by atoms with van der Waals surface area (Å²) in [4.78, 5) is 17.7. The second kappa shape index (κ2) is 10.0. The van der Waals surface area contributed by atoms with Crippen LogP contribution in [0.1, 0.15) is 57.9 Å². The van der Waals surface area contributed by atoms with Crippen molar-refractivity contribution in [2.45, 2.75) is 58.5 Å². The first-order valence-electron chi connectivity index (χ1n) is 8.96. The molecule has 1 aromatic heterocycles. The first-order chi connectivity index (χ1) is 11.7. The van der Waals surface area contributed by atoms with Crippen LogP contribution in [-0.2, 0) is 4.74 Å². The molecule has 0 amide bonds. The van der Waals surface area contributed by atoms with Crippen molar-refractivity contribution in [3.05, 3.63) is 46.5 Å². The lowest BCUT2D eigenvalue weighted by atomic mass is 10.1. The molecule has 1 unspecified atom stereocenters. The van der Waals surface area contributed by atoms with Gasteiger partial charge in [0.25, 0.3) is 0 Å². The molecule has 4 nitrogen and oxygen atoms in total. The second-order valence-electron chi connectivity index (χ2n) is 6.26. The Balaban J connectivity index is 1.72. The summed E-state index contributed by atoms with van der Waals surface area (Å²) in [5, 5.41) is 0.950. The van der Waals surface area contributed by atoms with Crippen molar-refractivity contribution in [2.24, 2.45) is 0 Å². The standard InChI is InChI=1S/C20H28N2O2/c1-3-4-8-13-24-16(2)9-6-5-7-10-17-11-12-19-18(14-17)15-21-20(23)22-19/h7,10-12,14-16H,3-6,8-9,13H2,1-2H3,(H,21,22,23)/b10-7+. The Hall–Kier alpha value is -1.94.